The molecule has 0 saturated carbocycles. The van der Waals surface area contributed by atoms with Gasteiger partial charge in [-0.3, -0.25) is 4.79 Å². The smallest absolute Gasteiger partial charge is 0.259 e. The summed E-state index contributed by atoms with van der Waals surface area (Å²) >= 11 is 3.43. The van der Waals surface area contributed by atoms with Crippen LogP contribution in [-0.2, 0) is 0 Å². The van der Waals surface area contributed by atoms with Crippen molar-refractivity contribution >= 4 is 38.3 Å². The molecular weight excluding hydrogens is 378 g/mol. The summed E-state index contributed by atoms with van der Waals surface area (Å²) in [4.78, 5) is 12.9. The Morgan fingerprint density at radius 3 is 2.64 bits per heavy atom. The Balaban J connectivity index is 1.91. The molecule has 3 nitrogen and oxygen atoms in total. The van der Waals surface area contributed by atoms with Gasteiger partial charge in [0.25, 0.3) is 5.91 Å². The van der Waals surface area contributed by atoms with E-state index in [0.717, 1.165) is 20.9 Å². The van der Waals surface area contributed by atoms with Crippen LogP contribution in [0.5, 0.6) is 5.75 Å². The van der Waals surface area contributed by atoms with Crippen molar-refractivity contribution in [2.75, 3.05) is 11.9 Å². The van der Waals surface area contributed by atoms with E-state index < -0.39 is 0 Å². The Morgan fingerprint density at radius 1 is 1.08 bits per heavy atom. The Morgan fingerprint density at radius 2 is 1.84 bits per heavy atom. The second-order valence-corrected chi connectivity index (χ2v) is 7.24. The molecule has 0 atom stereocenters. The van der Waals surface area contributed by atoms with Gasteiger partial charge in [-0.1, -0.05) is 66.2 Å². The molecule has 3 aromatic carbocycles. The Hall–Kier alpha value is -2.33. The monoisotopic (exact) mass is 397 g/mol. The van der Waals surface area contributed by atoms with Gasteiger partial charge in [-0.15, -0.1) is 0 Å². The van der Waals surface area contributed by atoms with Gasteiger partial charge in [0.1, 0.15) is 5.75 Å². The second kappa shape index (κ2) is 7.70. The number of benzene rings is 3. The lowest BCUT2D eigenvalue weighted by Gasteiger charge is -2.14. The molecule has 1 amide bonds. The van der Waals surface area contributed by atoms with Crippen molar-refractivity contribution in [3.63, 3.8) is 0 Å². The van der Waals surface area contributed by atoms with Crippen molar-refractivity contribution in [2.24, 2.45) is 5.92 Å². The van der Waals surface area contributed by atoms with E-state index in [9.17, 15) is 4.79 Å². The Bertz CT molecular complexity index is 900. The highest BCUT2D eigenvalue weighted by atomic mass is 79.9. The van der Waals surface area contributed by atoms with Gasteiger partial charge in [-0.2, -0.15) is 0 Å². The summed E-state index contributed by atoms with van der Waals surface area (Å²) in [6, 6.07) is 19.4. The number of halogens is 1. The molecule has 0 fully saturated rings. The predicted molar refractivity (Wildman–Crippen MR) is 106 cm³/mol. The highest BCUT2D eigenvalue weighted by Gasteiger charge is 2.15. The van der Waals surface area contributed by atoms with E-state index in [1.165, 1.54) is 0 Å². The van der Waals surface area contributed by atoms with Crippen molar-refractivity contribution < 1.29 is 9.53 Å². The maximum absolute atomic E-state index is 12.9. The lowest BCUT2D eigenvalue weighted by molar-refractivity contribution is 0.102. The van der Waals surface area contributed by atoms with Crippen molar-refractivity contribution in [2.45, 2.75) is 13.8 Å². The molecule has 1 N–H and O–H groups in total. The Kier molecular flexibility index (Phi) is 5.39. The number of hydrogen-bond acceptors (Lipinski definition) is 2. The molecule has 0 saturated heterocycles. The normalized spacial score (nSPS) is 10.9. The van der Waals surface area contributed by atoms with Gasteiger partial charge >= 0.3 is 0 Å². The van der Waals surface area contributed by atoms with Gasteiger partial charge in [0, 0.05) is 15.5 Å². The first-order valence-electron chi connectivity index (χ1n) is 8.26. The van der Waals surface area contributed by atoms with E-state index in [1.807, 2.05) is 54.6 Å². The van der Waals surface area contributed by atoms with Crippen molar-refractivity contribution in [3.05, 3.63) is 70.7 Å². The molecule has 0 aliphatic rings. The third kappa shape index (κ3) is 4.20. The largest absolute Gasteiger partial charge is 0.492 e. The number of fused-ring (bicyclic) bond motifs is 1. The van der Waals surface area contributed by atoms with Crippen molar-refractivity contribution in [1.29, 1.82) is 0 Å². The van der Waals surface area contributed by atoms with Crippen LogP contribution >= 0.6 is 15.9 Å². The number of ether oxygens (including phenoxy) is 1. The summed E-state index contributed by atoms with van der Waals surface area (Å²) in [6.45, 7) is 4.72. The van der Waals surface area contributed by atoms with E-state index in [0.29, 0.717) is 23.8 Å². The molecular formula is C21H20BrNO2. The molecule has 0 radical (unpaired) electrons. The molecule has 128 valence electrons. The van der Waals surface area contributed by atoms with E-state index in [4.69, 9.17) is 4.74 Å². The van der Waals surface area contributed by atoms with Crippen LogP contribution in [-0.4, -0.2) is 12.5 Å². The first-order chi connectivity index (χ1) is 12.0. The van der Waals surface area contributed by atoms with Crippen molar-refractivity contribution in [1.82, 2.24) is 0 Å². The third-order valence-electron chi connectivity index (χ3n) is 3.80. The number of rotatable bonds is 5. The molecule has 0 aliphatic heterocycles. The average molecular weight is 398 g/mol. The molecule has 4 heteroatoms. The fraction of sp³-hybridized carbons (Fsp3) is 0.190. The molecule has 25 heavy (non-hydrogen) atoms. The minimum absolute atomic E-state index is 0.184. The predicted octanol–water partition coefficient (Wildman–Crippen LogP) is 5.89. The highest BCUT2D eigenvalue weighted by molar-refractivity contribution is 9.10. The molecule has 0 aromatic heterocycles. The van der Waals surface area contributed by atoms with Crippen LogP contribution in [0, 0.1) is 5.92 Å². The minimum atomic E-state index is -0.184. The number of anilines is 1. The third-order valence-corrected chi connectivity index (χ3v) is 4.29. The zero-order chi connectivity index (χ0) is 17.8. The van der Waals surface area contributed by atoms with Crippen LogP contribution in [0.15, 0.2) is 65.1 Å². The fourth-order valence-electron chi connectivity index (χ4n) is 2.59. The summed E-state index contributed by atoms with van der Waals surface area (Å²) in [6.07, 6.45) is 0. The number of nitrogens with one attached hydrogen (secondary N) is 1. The topological polar surface area (TPSA) is 38.3 Å². The van der Waals surface area contributed by atoms with E-state index in [2.05, 4.69) is 35.1 Å². The molecule has 0 spiro atoms. The molecule has 3 aromatic rings. The molecule has 0 unspecified atom stereocenters. The fourth-order valence-corrected chi connectivity index (χ4v) is 2.95. The van der Waals surface area contributed by atoms with E-state index in [-0.39, 0.29) is 5.91 Å². The number of carbonyl (C=O) groups excluding carboxylic acids is 1. The number of amides is 1. The molecule has 3 rings (SSSR count). The van der Waals surface area contributed by atoms with Gasteiger partial charge < -0.3 is 10.1 Å². The maximum Gasteiger partial charge on any atom is 0.259 e. The lowest BCUT2D eigenvalue weighted by Crippen LogP contribution is -2.15. The molecule has 0 bridgehead atoms. The zero-order valence-corrected chi connectivity index (χ0v) is 15.8. The van der Waals surface area contributed by atoms with Gasteiger partial charge in [0.15, 0.2) is 0 Å². The summed E-state index contributed by atoms with van der Waals surface area (Å²) in [5, 5.41) is 5.12. The van der Waals surface area contributed by atoms with Gasteiger partial charge in [0.2, 0.25) is 0 Å². The van der Waals surface area contributed by atoms with Gasteiger partial charge in [-0.25, -0.2) is 0 Å². The van der Waals surface area contributed by atoms with Gasteiger partial charge in [-0.05, 0) is 35.6 Å². The summed E-state index contributed by atoms with van der Waals surface area (Å²) in [5.41, 5.74) is 1.31. The average Bonchev–Trinajstić information content (AvgIpc) is 2.60. The zero-order valence-electron chi connectivity index (χ0n) is 14.3. The summed E-state index contributed by atoms with van der Waals surface area (Å²) in [5.74, 6) is 0.795. The van der Waals surface area contributed by atoms with Crippen LogP contribution < -0.4 is 10.1 Å². The van der Waals surface area contributed by atoms with E-state index >= 15 is 0 Å². The van der Waals surface area contributed by atoms with Crippen molar-refractivity contribution in [3.8, 4) is 5.75 Å². The Labute approximate surface area is 156 Å². The van der Waals surface area contributed by atoms with Crippen LogP contribution in [0.1, 0.15) is 24.2 Å². The van der Waals surface area contributed by atoms with Crippen LogP contribution in [0.4, 0.5) is 5.69 Å². The van der Waals surface area contributed by atoms with E-state index in [1.54, 1.807) is 6.07 Å². The maximum atomic E-state index is 12.9. The van der Waals surface area contributed by atoms with Crippen LogP contribution in [0.2, 0.25) is 0 Å². The van der Waals surface area contributed by atoms with Gasteiger partial charge in [0.05, 0.1) is 12.2 Å². The lowest BCUT2D eigenvalue weighted by atomic mass is 10.1. The standard InChI is InChI=1S/C21H20BrNO2/c1-14(2)13-25-20-11-10-16(22)12-18(20)21(24)23-19-9-5-7-15-6-3-4-8-17(15)19/h3-12,14H,13H2,1-2H3,(H,23,24). The second-order valence-electron chi connectivity index (χ2n) is 6.33. The highest BCUT2D eigenvalue weighted by Crippen LogP contribution is 2.27. The molecule has 0 heterocycles. The van der Waals surface area contributed by atoms with Crippen LogP contribution in [0.3, 0.4) is 0 Å². The summed E-state index contributed by atoms with van der Waals surface area (Å²) in [7, 11) is 0. The first-order valence-corrected chi connectivity index (χ1v) is 9.05. The van der Waals surface area contributed by atoms with Crippen LogP contribution in [0.25, 0.3) is 10.8 Å². The first kappa shape index (κ1) is 17.5. The minimum Gasteiger partial charge on any atom is -0.492 e. The summed E-state index contributed by atoms with van der Waals surface area (Å²) < 4.78 is 6.66. The molecule has 0 aliphatic carbocycles. The SMILES string of the molecule is CC(C)COc1ccc(Br)cc1C(=O)Nc1cccc2ccccc12. The number of hydrogen-bond donors (Lipinski definition) is 1. The number of carbonyl (C=O) groups is 1. The quantitative estimate of drug-likeness (QED) is 0.582.